The zero-order valence-electron chi connectivity index (χ0n) is 11.6. The van der Waals surface area contributed by atoms with Gasteiger partial charge in [0.25, 0.3) is 0 Å². The van der Waals surface area contributed by atoms with Gasteiger partial charge in [0.1, 0.15) is 22.4 Å². The summed E-state index contributed by atoms with van der Waals surface area (Å²) < 4.78 is 6.97. The Kier molecular flexibility index (Phi) is 3.53. The highest BCUT2D eigenvalue weighted by Crippen LogP contribution is 2.28. The predicted molar refractivity (Wildman–Crippen MR) is 83.8 cm³/mol. The van der Waals surface area contributed by atoms with Gasteiger partial charge >= 0.3 is 0 Å². The molecule has 0 aliphatic rings. The molecule has 0 fully saturated rings. The fourth-order valence-electron chi connectivity index (χ4n) is 2.06. The molecule has 7 heteroatoms. The summed E-state index contributed by atoms with van der Waals surface area (Å²) in [4.78, 5) is 4.48. The summed E-state index contributed by atoms with van der Waals surface area (Å²) in [6, 6.07) is 9.48. The van der Waals surface area contributed by atoms with Crippen LogP contribution >= 0.6 is 11.6 Å². The highest BCUT2D eigenvalue weighted by Gasteiger charge is 2.10. The number of benzene rings is 1. The van der Waals surface area contributed by atoms with Crippen LogP contribution in [0, 0.1) is 0 Å². The molecule has 0 amide bonds. The van der Waals surface area contributed by atoms with Gasteiger partial charge in [-0.05, 0) is 12.1 Å². The van der Waals surface area contributed by atoms with Crippen LogP contribution in [0.4, 0.5) is 17.3 Å². The zero-order chi connectivity index (χ0) is 14.8. The summed E-state index contributed by atoms with van der Waals surface area (Å²) in [6.45, 7) is 0. The summed E-state index contributed by atoms with van der Waals surface area (Å²) in [7, 11) is 3.45. The number of fused-ring (bicyclic) bond motifs is 1. The molecule has 0 unspecified atom stereocenters. The molecule has 2 heterocycles. The van der Waals surface area contributed by atoms with Crippen molar-refractivity contribution >= 4 is 34.6 Å². The van der Waals surface area contributed by atoms with Crippen LogP contribution in [0.25, 0.3) is 5.65 Å². The van der Waals surface area contributed by atoms with Crippen molar-refractivity contribution in [1.82, 2.24) is 14.6 Å². The second kappa shape index (κ2) is 5.49. The number of hydrogen-bond donors (Lipinski definition) is 2. The number of hydrogen-bond acceptors (Lipinski definition) is 5. The van der Waals surface area contributed by atoms with Crippen LogP contribution in [0.3, 0.4) is 0 Å². The normalized spacial score (nSPS) is 10.6. The molecule has 2 aromatic heterocycles. The molecule has 0 saturated carbocycles. The highest BCUT2D eigenvalue weighted by molar-refractivity contribution is 6.33. The lowest BCUT2D eigenvalue weighted by atomic mass is 10.3. The van der Waals surface area contributed by atoms with Gasteiger partial charge in [-0.15, -0.1) is 0 Å². The smallest absolute Gasteiger partial charge is 0.178 e. The lowest BCUT2D eigenvalue weighted by molar-refractivity contribution is 0.417. The molecule has 3 aromatic rings. The molecular formula is C14H14ClN5O. The number of rotatable bonds is 4. The molecular weight excluding hydrogens is 290 g/mol. The van der Waals surface area contributed by atoms with Crippen molar-refractivity contribution in [3.05, 3.63) is 41.6 Å². The third-order valence-corrected chi connectivity index (χ3v) is 3.32. The average Bonchev–Trinajstić information content (AvgIpc) is 2.89. The van der Waals surface area contributed by atoms with Crippen molar-refractivity contribution in [2.45, 2.75) is 0 Å². The number of aromatic nitrogens is 3. The molecule has 0 aliphatic carbocycles. The summed E-state index contributed by atoms with van der Waals surface area (Å²) in [5.41, 5.74) is 1.41. The Bertz CT molecular complexity index is 786. The summed E-state index contributed by atoms with van der Waals surface area (Å²) in [6.07, 6.45) is 1.57. The lowest BCUT2D eigenvalue weighted by Gasteiger charge is -2.12. The van der Waals surface area contributed by atoms with Gasteiger partial charge in [0.05, 0.1) is 19.0 Å². The van der Waals surface area contributed by atoms with Crippen LogP contribution in [0.5, 0.6) is 5.75 Å². The Labute approximate surface area is 126 Å². The monoisotopic (exact) mass is 303 g/mol. The number of anilines is 3. The Morgan fingerprint density at radius 2 is 2.10 bits per heavy atom. The van der Waals surface area contributed by atoms with E-state index in [4.69, 9.17) is 16.3 Å². The molecule has 0 bridgehead atoms. The van der Waals surface area contributed by atoms with E-state index in [-0.39, 0.29) is 0 Å². The fourth-order valence-corrected chi connectivity index (χ4v) is 2.23. The Morgan fingerprint density at radius 1 is 1.29 bits per heavy atom. The van der Waals surface area contributed by atoms with E-state index in [9.17, 15) is 0 Å². The van der Waals surface area contributed by atoms with Crippen LogP contribution < -0.4 is 15.4 Å². The SMILES string of the molecule is CNc1cc(Nc2ccccc2OC)nc2c(Cl)cnn12. The average molecular weight is 304 g/mol. The second-order valence-corrected chi connectivity index (χ2v) is 4.74. The minimum absolute atomic E-state index is 0.496. The maximum absolute atomic E-state index is 6.11. The van der Waals surface area contributed by atoms with E-state index in [1.54, 1.807) is 17.8 Å². The first kappa shape index (κ1) is 13.5. The minimum atomic E-state index is 0.496. The summed E-state index contributed by atoms with van der Waals surface area (Å²) in [5.74, 6) is 2.17. The highest BCUT2D eigenvalue weighted by atomic mass is 35.5. The van der Waals surface area contributed by atoms with E-state index >= 15 is 0 Å². The van der Waals surface area contributed by atoms with E-state index in [1.165, 1.54) is 0 Å². The molecule has 0 spiro atoms. The first-order valence-corrected chi connectivity index (χ1v) is 6.73. The number of halogens is 1. The Balaban J connectivity index is 2.06. The molecule has 0 atom stereocenters. The van der Waals surface area contributed by atoms with E-state index < -0.39 is 0 Å². The van der Waals surface area contributed by atoms with Gasteiger partial charge in [0, 0.05) is 13.1 Å². The first-order chi connectivity index (χ1) is 10.2. The van der Waals surface area contributed by atoms with Crippen LogP contribution in [0.1, 0.15) is 0 Å². The van der Waals surface area contributed by atoms with Crippen LogP contribution in [-0.2, 0) is 0 Å². The van der Waals surface area contributed by atoms with Gasteiger partial charge in [-0.3, -0.25) is 0 Å². The number of ether oxygens (including phenoxy) is 1. The van der Waals surface area contributed by atoms with Crippen LogP contribution in [0.15, 0.2) is 36.5 Å². The molecule has 0 radical (unpaired) electrons. The van der Waals surface area contributed by atoms with Gasteiger partial charge in [-0.1, -0.05) is 23.7 Å². The van der Waals surface area contributed by atoms with Crippen LogP contribution in [-0.4, -0.2) is 28.8 Å². The fraction of sp³-hybridized carbons (Fsp3) is 0.143. The minimum Gasteiger partial charge on any atom is -0.495 e. The first-order valence-electron chi connectivity index (χ1n) is 6.35. The lowest BCUT2D eigenvalue weighted by Crippen LogP contribution is -2.04. The van der Waals surface area contributed by atoms with E-state index in [2.05, 4.69) is 20.7 Å². The van der Waals surface area contributed by atoms with Gasteiger partial charge in [0.2, 0.25) is 0 Å². The van der Waals surface area contributed by atoms with Crippen molar-refractivity contribution in [3.8, 4) is 5.75 Å². The number of nitrogens with one attached hydrogen (secondary N) is 2. The van der Waals surface area contributed by atoms with Crippen molar-refractivity contribution in [2.75, 3.05) is 24.8 Å². The zero-order valence-corrected chi connectivity index (χ0v) is 12.3. The van der Waals surface area contributed by atoms with Crippen molar-refractivity contribution in [1.29, 1.82) is 0 Å². The summed E-state index contributed by atoms with van der Waals surface area (Å²) >= 11 is 6.11. The molecule has 21 heavy (non-hydrogen) atoms. The summed E-state index contributed by atoms with van der Waals surface area (Å²) in [5, 5.41) is 11.0. The van der Waals surface area contributed by atoms with Crippen LogP contribution in [0.2, 0.25) is 5.02 Å². The van der Waals surface area contributed by atoms with E-state index in [1.807, 2.05) is 37.4 Å². The maximum Gasteiger partial charge on any atom is 0.178 e. The van der Waals surface area contributed by atoms with Crippen molar-refractivity contribution < 1.29 is 4.74 Å². The molecule has 0 saturated heterocycles. The number of nitrogens with zero attached hydrogens (tertiary/aromatic N) is 3. The largest absolute Gasteiger partial charge is 0.495 e. The van der Waals surface area contributed by atoms with Crippen molar-refractivity contribution in [2.24, 2.45) is 0 Å². The van der Waals surface area contributed by atoms with Gasteiger partial charge in [0.15, 0.2) is 5.65 Å². The molecule has 108 valence electrons. The number of methoxy groups -OCH3 is 1. The van der Waals surface area contributed by atoms with Gasteiger partial charge < -0.3 is 15.4 Å². The second-order valence-electron chi connectivity index (χ2n) is 4.33. The maximum atomic E-state index is 6.11. The molecule has 0 aliphatic heterocycles. The number of para-hydroxylation sites is 2. The molecule has 1 aromatic carbocycles. The van der Waals surface area contributed by atoms with E-state index in [0.29, 0.717) is 16.5 Å². The molecule has 2 N–H and O–H groups in total. The van der Waals surface area contributed by atoms with Gasteiger partial charge in [-0.2, -0.15) is 9.61 Å². The Morgan fingerprint density at radius 3 is 2.86 bits per heavy atom. The molecule has 6 nitrogen and oxygen atoms in total. The van der Waals surface area contributed by atoms with Crippen molar-refractivity contribution in [3.63, 3.8) is 0 Å². The third-order valence-electron chi connectivity index (χ3n) is 3.05. The van der Waals surface area contributed by atoms with Gasteiger partial charge in [-0.25, -0.2) is 4.98 Å². The third kappa shape index (κ3) is 2.45. The molecule has 3 rings (SSSR count). The van der Waals surface area contributed by atoms with E-state index in [0.717, 1.165) is 17.3 Å². The standard InChI is InChI=1S/C14H14ClN5O/c1-16-13-7-12(19-14-9(15)8-17-20(13)14)18-10-5-3-4-6-11(10)21-2/h3-8,16H,1-2H3,(H,18,19). The quantitative estimate of drug-likeness (QED) is 0.775. The topological polar surface area (TPSA) is 63.5 Å². The Hall–Kier alpha value is -2.47. The predicted octanol–water partition coefficient (Wildman–Crippen LogP) is 3.18.